The van der Waals surface area contributed by atoms with Crippen molar-refractivity contribution in [3.8, 4) is 11.3 Å². The second-order valence-electron chi connectivity index (χ2n) is 4.45. The van der Waals surface area contributed by atoms with Gasteiger partial charge in [-0.15, -0.1) is 0 Å². The molecule has 2 N–H and O–H groups in total. The van der Waals surface area contributed by atoms with Gasteiger partial charge in [-0.1, -0.05) is 13.8 Å². The van der Waals surface area contributed by atoms with E-state index in [0.29, 0.717) is 5.92 Å². The predicted molar refractivity (Wildman–Crippen MR) is 66.5 cm³/mol. The van der Waals surface area contributed by atoms with Gasteiger partial charge in [0, 0.05) is 23.9 Å². The fraction of sp³-hybridized carbons (Fsp3) is 0.385. The first-order chi connectivity index (χ1) is 8.22. The van der Waals surface area contributed by atoms with Gasteiger partial charge < -0.3 is 10.1 Å². The Morgan fingerprint density at radius 2 is 2.00 bits per heavy atom. The van der Waals surface area contributed by atoms with Gasteiger partial charge in [-0.3, -0.25) is 4.98 Å². The molecule has 2 rings (SSSR count). The number of aliphatic hydroxyl groups excluding tert-OH is 1. The molecule has 2 aromatic rings. The van der Waals surface area contributed by atoms with Gasteiger partial charge in [0.05, 0.1) is 18.5 Å². The quantitative estimate of drug-likeness (QED) is 0.848. The molecule has 1 atom stereocenters. The van der Waals surface area contributed by atoms with Crippen LogP contribution in [0.25, 0.3) is 11.3 Å². The normalized spacial score (nSPS) is 12.9. The molecule has 0 aliphatic rings. The number of hydrogen-bond acceptors (Lipinski definition) is 3. The first-order valence-electron chi connectivity index (χ1n) is 5.78. The highest BCUT2D eigenvalue weighted by Crippen LogP contribution is 2.24. The summed E-state index contributed by atoms with van der Waals surface area (Å²) in [6.45, 7) is 4.27. The maximum atomic E-state index is 9.36. The summed E-state index contributed by atoms with van der Waals surface area (Å²) in [6, 6.07) is 3.86. The van der Waals surface area contributed by atoms with E-state index in [1.807, 2.05) is 12.1 Å². The molecule has 0 spiro atoms. The molecule has 1 unspecified atom stereocenters. The molecule has 0 amide bonds. The standard InChI is InChI=1S/C13H17N3O/c1-9(2)11(8-17)13-15-7-12(16-13)10-3-5-14-6-4-10/h3-7,9,11,17H,8H2,1-2H3,(H,15,16). The summed E-state index contributed by atoms with van der Waals surface area (Å²) < 4.78 is 0. The molecule has 0 bridgehead atoms. The van der Waals surface area contributed by atoms with Crippen molar-refractivity contribution in [1.29, 1.82) is 0 Å². The van der Waals surface area contributed by atoms with E-state index in [2.05, 4.69) is 28.8 Å². The summed E-state index contributed by atoms with van der Waals surface area (Å²) >= 11 is 0. The maximum Gasteiger partial charge on any atom is 0.112 e. The van der Waals surface area contributed by atoms with Crippen molar-refractivity contribution in [2.24, 2.45) is 5.92 Å². The van der Waals surface area contributed by atoms with Crippen LogP contribution in [0, 0.1) is 5.92 Å². The van der Waals surface area contributed by atoms with E-state index in [4.69, 9.17) is 0 Å². The first kappa shape index (κ1) is 11.8. The van der Waals surface area contributed by atoms with Crippen LogP contribution in [0.15, 0.2) is 30.7 Å². The number of rotatable bonds is 4. The molecule has 0 saturated heterocycles. The number of H-pyrrole nitrogens is 1. The van der Waals surface area contributed by atoms with Gasteiger partial charge in [0.1, 0.15) is 5.82 Å². The van der Waals surface area contributed by atoms with Crippen molar-refractivity contribution in [1.82, 2.24) is 15.0 Å². The van der Waals surface area contributed by atoms with E-state index in [1.165, 1.54) is 0 Å². The van der Waals surface area contributed by atoms with Crippen LogP contribution in [0.1, 0.15) is 25.6 Å². The highest BCUT2D eigenvalue weighted by molar-refractivity contribution is 5.57. The Morgan fingerprint density at radius 3 is 2.59 bits per heavy atom. The molecular formula is C13H17N3O. The van der Waals surface area contributed by atoms with Crippen molar-refractivity contribution >= 4 is 0 Å². The molecule has 2 aromatic heterocycles. The number of hydrogen-bond donors (Lipinski definition) is 2. The molecule has 0 aliphatic carbocycles. The smallest absolute Gasteiger partial charge is 0.112 e. The molecule has 90 valence electrons. The highest BCUT2D eigenvalue weighted by atomic mass is 16.3. The van der Waals surface area contributed by atoms with Crippen molar-refractivity contribution in [2.75, 3.05) is 6.61 Å². The minimum Gasteiger partial charge on any atom is -0.396 e. The second-order valence-corrected chi connectivity index (χ2v) is 4.45. The lowest BCUT2D eigenvalue weighted by Crippen LogP contribution is -2.12. The van der Waals surface area contributed by atoms with Crippen molar-refractivity contribution in [2.45, 2.75) is 19.8 Å². The average molecular weight is 231 g/mol. The van der Waals surface area contributed by atoms with Gasteiger partial charge >= 0.3 is 0 Å². The Balaban J connectivity index is 2.27. The molecule has 0 radical (unpaired) electrons. The third kappa shape index (κ3) is 2.53. The third-order valence-corrected chi connectivity index (χ3v) is 2.94. The molecule has 0 aliphatic heterocycles. The van der Waals surface area contributed by atoms with Gasteiger partial charge in [-0.25, -0.2) is 4.98 Å². The molecule has 2 heterocycles. The summed E-state index contributed by atoms with van der Waals surface area (Å²) in [4.78, 5) is 11.6. The van der Waals surface area contributed by atoms with Crippen LogP contribution in [-0.2, 0) is 0 Å². The third-order valence-electron chi connectivity index (χ3n) is 2.94. The van der Waals surface area contributed by atoms with Crippen molar-refractivity contribution in [3.05, 3.63) is 36.5 Å². The summed E-state index contributed by atoms with van der Waals surface area (Å²) in [5, 5.41) is 9.36. The van der Waals surface area contributed by atoms with E-state index < -0.39 is 0 Å². The molecule has 4 heteroatoms. The van der Waals surface area contributed by atoms with Crippen molar-refractivity contribution < 1.29 is 5.11 Å². The van der Waals surface area contributed by atoms with Gasteiger partial charge in [-0.2, -0.15) is 0 Å². The van der Waals surface area contributed by atoms with Gasteiger partial charge in [-0.05, 0) is 18.1 Å². The Hall–Kier alpha value is -1.68. The Bertz CT molecular complexity index is 465. The van der Waals surface area contributed by atoms with E-state index in [0.717, 1.165) is 17.1 Å². The molecule has 17 heavy (non-hydrogen) atoms. The minimum absolute atomic E-state index is 0.0607. The number of nitrogens with one attached hydrogen (secondary N) is 1. The largest absolute Gasteiger partial charge is 0.396 e. The Morgan fingerprint density at radius 1 is 1.29 bits per heavy atom. The molecule has 0 fully saturated rings. The van der Waals surface area contributed by atoms with Crippen LogP contribution >= 0.6 is 0 Å². The predicted octanol–water partition coefficient (Wildman–Crippen LogP) is 2.20. The summed E-state index contributed by atoms with van der Waals surface area (Å²) in [6.07, 6.45) is 5.30. The molecular weight excluding hydrogens is 214 g/mol. The lowest BCUT2D eigenvalue weighted by Gasteiger charge is -2.15. The SMILES string of the molecule is CC(C)C(CO)c1ncc(-c2ccncc2)[nH]1. The van der Waals surface area contributed by atoms with Crippen LogP contribution in [-0.4, -0.2) is 26.7 Å². The van der Waals surface area contributed by atoms with Gasteiger partial charge in [0.15, 0.2) is 0 Å². The zero-order chi connectivity index (χ0) is 12.3. The molecule has 4 nitrogen and oxygen atoms in total. The highest BCUT2D eigenvalue weighted by Gasteiger charge is 2.18. The van der Waals surface area contributed by atoms with Crippen LogP contribution in [0.2, 0.25) is 0 Å². The number of aromatic amines is 1. The van der Waals surface area contributed by atoms with Crippen LogP contribution in [0.3, 0.4) is 0 Å². The van der Waals surface area contributed by atoms with Crippen LogP contribution < -0.4 is 0 Å². The summed E-state index contributed by atoms with van der Waals surface area (Å²) in [5.41, 5.74) is 2.01. The minimum atomic E-state index is 0.0607. The van der Waals surface area contributed by atoms with Crippen molar-refractivity contribution in [3.63, 3.8) is 0 Å². The number of imidazole rings is 1. The zero-order valence-corrected chi connectivity index (χ0v) is 10.1. The summed E-state index contributed by atoms with van der Waals surface area (Å²) in [5.74, 6) is 1.26. The number of pyridine rings is 1. The fourth-order valence-corrected chi connectivity index (χ4v) is 1.82. The molecule has 0 aromatic carbocycles. The average Bonchev–Trinajstić information content (AvgIpc) is 2.80. The first-order valence-corrected chi connectivity index (χ1v) is 5.78. The van der Waals surface area contributed by atoms with E-state index in [1.54, 1.807) is 18.6 Å². The van der Waals surface area contributed by atoms with Crippen LogP contribution in [0.5, 0.6) is 0 Å². The lowest BCUT2D eigenvalue weighted by molar-refractivity contribution is 0.232. The van der Waals surface area contributed by atoms with E-state index in [9.17, 15) is 5.11 Å². The molecule has 0 saturated carbocycles. The second kappa shape index (κ2) is 5.10. The van der Waals surface area contributed by atoms with E-state index >= 15 is 0 Å². The van der Waals surface area contributed by atoms with E-state index in [-0.39, 0.29) is 12.5 Å². The lowest BCUT2D eigenvalue weighted by atomic mass is 9.96. The number of nitrogens with zero attached hydrogens (tertiary/aromatic N) is 2. The number of aromatic nitrogens is 3. The Labute approximate surface area is 101 Å². The topological polar surface area (TPSA) is 61.8 Å². The number of aliphatic hydroxyl groups is 1. The Kier molecular flexibility index (Phi) is 3.54. The fourth-order valence-electron chi connectivity index (χ4n) is 1.82. The monoisotopic (exact) mass is 231 g/mol. The van der Waals surface area contributed by atoms with Crippen LogP contribution in [0.4, 0.5) is 0 Å². The zero-order valence-electron chi connectivity index (χ0n) is 10.1. The maximum absolute atomic E-state index is 9.36. The van der Waals surface area contributed by atoms with Gasteiger partial charge in [0.25, 0.3) is 0 Å². The van der Waals surface area contributed by atoms with Gasteiger partial charge in [0.2, 0.25) is 0 Å². The summed E-state index contributed by atoms with van der Waals surface area (Å²) in [7, 11) is 0.